The van der Waals surface area contributed by atoms with Gasteiger partial charge in [0.15, 0.2) is 0 Å². The maximum absolute atomic E-state index is 12.6. The molecule has 0 saturated carbocycles. The van der Waals surface area contributed by atoms with Gasteiger partial charge >= 0.3 is 6.36 Å². The number of fused-ring (bicyclic) bond motifs is 1. The van der Waals surface area contributed by atoms with Crippen LogP contribution in [0.15, 0.2) is 71.6 Å². The number of nitrogens with one attached hydrogen (secondary N) is 1. The van der Waals surface area contributed by atoms with Gasteiger partial charge in [0.2, 0.25) is 0 Å². The molecule has 0 radical (unpaired) electrons. The fourth-order valence-corrected chi connectivity index (χ4v) is 3.68. The highest BCUT2D eigenvalue weighted by atomic mass is 32.2. The number of hydrogen-bond acceptors (Lipinski definition) is 3. The summed E-state index contributed by atoms with van der Waals surface area (Å²) in [6, 6.07) is 16.4. The van der Waals surface area contributed by atoms with Crippen LogP contribution in [0.5, 0.6) is 5.75 Å². The van der Waals surface area contributed by atoms with Gasteiger partial charge < -0.3 is 4.74 Å². The molecule has 25 heavy (non-hydrogen) atoms. The van der Waals surface area contributed by atoms with Crippen LogP contribution in [0, 0.1) is 0 Å². The number of sulfonamides is 1. The zero-order valence-corrected chi connectivity index (χ0v) is 13.4. The van der Waals surface area contributed by atoms with Crippen LogP contribution in [0.25, 0.3) is 10.8 Å². The molecule has 3 aromatic rings. The largest absolute Gasteiger partial charge is 0.573 e. The van der Waals surface area contributed by atoms with E-state index in [2.05, 4.69) is 9.46 Å². The van der Waals surface area contributed by atoms with Crippen molar-refractivity contribution in [2.24, 2.45) is 0 Å². The lowest BCUT2D eigenvalue weighted by atomic mass is 10.1. The molecule has 0 aliphatic heterocycles. The van der Waals surface area contributed by atoms with E-state index in [1.165, 1.54) is 18.2 Å². The molecule has 0 saturated heterocycles. The van der Waals surface area contributed by atoms with Crippen molar-refractivity contribution in [1.29, 1.82) is 0 Å². The smallest absolute Gasteiger partial charge is 0.406 e. The zero-order valence-electron chi connectivity index (χ0n) is 12.6. The Morgan fingerprint density at radius 2 is 1.56 bits per heavy atom. The predicted octanol–water partition coefficient (Wildman–Crippen LogP) is 4.54. The lowest BCUT2D eigenvalue weighted by molar-refractivity contribution is -0.274. The molecule has 0 fully saturated rings. The van der Waals surface area contributed by atoms with Gasteiger partial charge in [-0.25, -0.2) is 8.42 Å². The summed E-state index contributed by atoms with van der Waals surface area (Å²) in [5.74, 6) is -0.509. The first-order valence-corrected chi connectivity index (χ1v) is 8.59. The number of halogens is 3. The molecule has 0 heterocycles. The van der Waals surface area contributed by atoms with Crippen LogP contribution in [-0.2, 0) is 10.0 Å². The molecule has 0 spiro atoms. The molecule has 3 rings (SSSR count). The lowest BCUT2D eigenvalue weighted by Gasteiger charge is -2.13. The SMILES string of the molecule is O=S(=O)(Nc1cccc(OC(F)(F)F)c1)c1cccc2ccccc12. The summed E-state index contributed by atoms with van der Waals surface area (Å²) in [5.41, 5.74) is -0.0327. The molecule has 1 N–H and O–H groups in total. The van der Waals surface area contributed by atoms with E-state index in [1.807, 2.05) is 0 Å². The first-order valence-electron chi connectivity index (χ1n) is 7.11. The van der Waals surface area contributed by atoms with Gasteiger partial charge in [0, 0.05) is 11.5 Å². The van der Waals surface area contributed by atoms with Crippen molar-refractivity contribution in [1.82, 2.24) is 0 Å². The van der Waals surface area contributed by atoms with Gasteiger partial charge in [-0.2, -0.15) is 0 Å². The monoisotopic (exact) mass is 367 g/mol. The van der Waals surface area contributed by atoms with E-state index in [0.717, 1.165) is 17.5 Å². The third-order valence-corrected chi connectivity index (χ3v) is 4.80. The molecular weight excluding hydrogens is 355 g/mol. The van der Waals surface area contributed by atoms with E-state index in [1.54, 1.807) is 36.4 Å². The number of benzene rings is 3. The minimum Gasteiger partial charge on any atom is -0.406 e. The van der Waals surface area contributed by atoms with E-state index >= 15 is 0 Å². The van der Waals surface area contributed by atoms with Gasteiger partial charge in [-0.15, -0.1) is 13.2 Å². The second-order valence-electron chi connectivity index (χ2n) is 5.16. The third kappa shape index (κ3) is 4.03. The average molecular weight is 367 g/mol. The highest BCUT2D eigenvalue weighted by Crippen LogP contribution is 2.28. The molecule has 130 valence electrons. The minimum absolute atomic E-state index is 0.0327. The topological polar surface area (TPSA) is 55.4 Å². The van der Waals surface area contributed by atoms with Gasteiger partial charge in [-0.05, 0) is 23.6 Å². The second kappa shape index (κ2) is 6.29. The highest BCUT2D eigenvalue weighted by molar-refractivity contribution is 7.93. The van der Waals surface area contributed by atoms with Gasteiger partial charge in [0.25, 0.3) is 10.0 Å². The molecule has 0 amide bonds. The van der Waals surface area contributed by atoms with Crippen LogP contribution < -0.4 is 9.46 Å². The zero-order chi connectivity index (χ0) is 18.1. The summed E-state index contributed by atoms with van der Waals surface area (Å²) in [5, 5.41) is 1.25. The van der Waals surface area contributed by atoms with Crippen LogP contribution in [0.4, 0.5) is 18.9 Å². The van der Waals surface area contributed by atoms with Crippen molar-refractivity contribution in [3.8, 4) is 5.75 Å². The maximum atomic E-state index is 12.6. The van der Waals surface area contributed by atoms with Crippen molar-refractivity contribution in [2.45, 2.75) is 11.3 Å². The number of rotatable bonds is 4. The summed E-state index contributed by atoms with van der Waals surface area (Å²) in [4.78, 5) is 0.0349. The Kier molecular flexibility index (Phi) is 4.30. The quantitative estimate of drug-likeness (QED) is 0.737. The summed E-state index contributed by atoms with van der Waals surface area (Å²) in [6.45, 7) is 0. The molecule has 0 unspecified atom stereocenters. The summed E-state index contributed by atoms with van der Waals surface area (Å²) >= 11 is 0. The Morgan fingerprint density at radius 3 is 2.32 bits per heavy atom. The van der Waals surface area contributed by atoms with Crippen molar-refractivity contribution in [2.75, 3.05) is 4.72 Å². The molecule has 0 atom stereocenters. The van der Waals surface area contributed by atoms with Crippen LogP contribution in [-0.4, -0.2) is 14.8 Å². The van der Waals surface area contributed by atoms with Crippen molar-refractivity contribution in [3.63, 3.8) is 0 Å². The Balaban J connectivity index is 1.95. The number of anilines is 1. The van der Waals surface area contributed by atoms with E-state index in [0.29, 0.717) is 5.39 Å². The van der Waals surface area contributed by atoms with E-state index in [-0.39, 0.29) is 10.6 Å². The minimum atomic E-state index is -4.85. The standard InChI is InChI=1S/C17H12F3NO3S/c18-17(19,20)24-14-8-4-7-13(11-14)21-25(22,23)16-10-3-6-12-5-1-2-9-15(12)16/h1-11,21H. The number of alkyl halides is 3. The molecule has 3 aromatic carbocycles. The number of hydrogen-bond donors (Lipinski definition) is 1. The fraction of sp³-hybridized carbons (Fsp3) is 0.0588. The van der Waals surface area contributed by atoms with E-state index in [9.17, 15) is 21.6 Å². The van der Waals surface area contributed by atoms with Gasteiger partial charge in [-0.1, -0.05) is 42.5 Å². The van der Waals surface area contributed by atoms with Crippen LogP contribution in [0.1, 0.15) is 0 Å². The Hall–Kier alpha value is -2.74. The predicted molar refractivity (Wildman–Crippen MR) is 87.9 cm³/mol. The lowest BCUT2D eigenvalue weighted by Crippen LogP contribution is -2.17. The summed E-state index contributed by atoms with van der Waals surface area (Å²) in [7, 11) is -3.99. The molecule has 0 aromatic heterocycles. The average Bonchev–Trinajstić information content (AvgIpc) is 2.52. The first kappa shape index (κ1) is 17.1. The fourth-order valence-electron chi connectivity index (χ4n) is 2.40. The normalized spacial score (nSPS) is 12.1. The van der Waals surface area contributed by atoms with Gasteiger partial charge in [0.05, 0.1) is 10.6 Å². The third-order valence-electron chi connectivity index (χ3n) is 3.36. The van der Waals surface area contributed by atoms with Gasteiger partial charge in [-0.3, -0.25) is 4.72 Å². The Labute approximate surface area is 141 Å². The molecule has 0 bridgehead atoms. The van der Waals surface area contributed by atoms with Crippen molar-refractivity contribution < 1.29 is 26.3 Å². The van der Waals surface area contributed by atoms with Crippen LogP contribution in [0.2, 0.25) is 0 Å². The first-order chi connectivity index (χ1) is 11.7. The Morgan fingerprint density at radius 1 is 0.880 bits per heavy atom. The van der Waals surface area contributed by atoms with Crippen LogP contribution >= 0.6 is 0 Å². The molecule has 0 aliphatic carbocycles. The van der Waals surface area contributed by atoms with Crippen molar-refractivity contribution in [3.05, 3.63) is 66.7 Å². The van der Waals surface area contributed by atoms with Gasteiger partial charge in [0.1, 0.15) is 5.75 Å². The number of ether oxygens (including phenoxy) is 1. The second-order valence-corrected chi connectivity index (χ2v) is 6.81. The highest BCUT2D eigenvalue weighted by Gasteiger charge is 2.31. The van der Waals surface area contributed by atoms with Crippen LogP contribution in [0.3, 0.4) is 0 Å². The molecule has 0 aliphatic rings. The molecule has 4 nitrogen and oxygen atoms in total. The van der Waals surface area contributed by atoms with E-state index < -0.39 is 22.1 Å². The van der Waals surface area contributed by atoms with Crippen molar-refractivity contribution >= 4 is 26.5 Å². The Bertz CT molecular complexity index is 1010. The summed E-state index contributed by atoms with van der Waals surface area (Å²) in [6.07, 6.45) is -4.85. The van der Waals surface area contributed by atoms with E-state index in [4.69, 9.17) is 0 Å². The molecule has 8 heteroatoms. The molecular formula is C17H12F3NO3S. The summed E-state index contributed by atoms with van der Waals surface area (Å²) < 4.78 is 68.2. The maximum Gasteiger partial charge on any atom is 0.573 e.